The average Bonchev–Trinajstić information content (AvgIpc) is 2.98. The van der Waals surface area contributed by atoms with Crippen LogP contribution in [0.4, 0.5) is 10.5 Å². The minimum atomic E-state index is -0.0476. The van der Waals surface area contributed by atoms with Crippen molar-refractivity contribution in [2.45, 2.75) is 40.0 Å². The predicted octanol–water partition coefficient (Wildman–Crippen LogP) is 4.32. The Hall–Kier alpha value is -2.56. The Kier molecular flexibility index (Phi) is 5.22. The van der Waals surface area contributed by atoms with E-state index in [1.54, 1.807) is 6.20 Å². The normalized spacial score (nSPS) is 14.4. The summed E-state index contributed by atoms with van der Waals surface area (Å²) in [5, 5.41) is 7.60. The van der Waals surface area contributed by atoms with E-state index < -0.39 is 0 Å². The summed E-state index contributed by atoms with van der Waals surface area (Å²) in [6, 6.07) is 8.21. The van der Waals surface area contributed by atoms with Crippen LogP contribution in [0.2, 0.25) is 0 Å². The SMILES string of the molecule is CCCc1c(NC(=O)N2CCC=C(C)C2)cnn1-c1cccc(C)c1. The lowest BCUT2D eigenvalue weighted by molar-refractivity contribution is 0.215. The van der Waals surface area contributed by atoms with Crippen LogP contribution in [-0.4, -0.2) is 33.8 Å². The highest BCUT2D eigenvalue weighted by molar-refractivity contribution is 5.90. The van der Waals surface area contributed by atoms with E-state index in [0.717, 1.165) is 42.9 Å². The van der Waals surface area contributed by atoms with Crippen molar-refractivity contribution in [3.8, 4) is 5.69 Å². The number of urea groups is 1. The van der Waals surface area contributed by atoms with Crippen LogP contribution in [0.25, 0.3) is 5.69 Å². The topological polar surface area (TPSA) is 50.2 Å². The highest BCUT2D eigenvalue weighted by Crippen LogP contribution is 2.22. The van der Waals surface area contributed by atoms with Gasteiger partial charge in [0, 0.05) is 13.1 Å². The van der Waals surface area contributed by atoms with Crippen LogP contribution in [0, 0.1) is 6.92 Å². The second-order valence-corrected chi connectivity index (χ2v) is 6.70. The number of carbonyl (C=O) groups is 1. The summed E-state index contributed by atoms with van der Waals surface area (Å²) in [7, 11) is 0. The molecule has 0 bridgehead atoms. The quantitative estimate of drug-likeness (QED) is 0.844. The maximum absolute atomic E-state index is 12.6. The molecule has 1 aliphatic heterocycles. The summed E-state index contributed by atoms with van der Waals surface area (Å²) in [6.45, 7) is 7.73. The molecule has 1 aromatic heterocycles. The van der Waals surface area contributed by atoms with Gasteiger partial charge in [0.2, 0.25) is 0 Å². The number of hydrogen-bond donors (Lipinski definition) is 1. The van der Waals surface area contributed by atoms with Crippen LogP contribution in [0.3, 0.4) is 0 Å². The van der Waals surface area contributed by atoms with E-state index >= 15 is 0 Å². The van der Waals surface area contributed by atoms with E-state index in [4.69, 9.17) is 0 Å². The van der Waals surface area contributed by atoms with Gasteiger partial charge in [0.1, 0.15) is 0 Å². The molecule has 25 heavy (non-hydrogen) atoms. The second kappa shape index (κ2) is 7.55. The highest BCUT2D eigenvalue weighted by Gasteiger charge is 2.19. The number of carbonyl (C=O) groups excluding carboxylic acids is 1. The Balaban J connectivity index is 1.84. The molecule has 0 radical (unpaired) electrons. The van der Waals surface area contributed by atoms with Gasteiger partial charge in [-0.05, 0) is 44.4 Å². The van der Waals surface area contributed by atoms with Crippen LogP contribution in [0.1, 0.15) is 37.9 Å². The van der Waals surface area contributed by atoms with Crippen molar-refractivity contribution < 1.29 is 4.79 Å². The van der Waals surface area contributed by atoms with E-state index in [1.165, 1.54) is 11.1 Å². The van der Waals surface area contributed by atoms with E-state index in [2.05, 4.69) is 49.4 Å². The number of nitrogens with one attached hydrogen (secondary N) is 1. The second-order valence-electron chi connectivity index (χ2n) is 6.70. The minimum absolute atomic E-state index is 0.0476. The Bertz CT molecular complexity index is 791. The number of rotatable bonds is 4. The maximum Gasteiger partial charge on any atom is 0.322 e. The molecule has 5 nitrogen and oxygen atoms in total. The number of hydrogen-bond acceptors (Lipinski definition) is 2. The predicted molar refractivity (Wildman–Crippen MR) is 101 cm³/mol. The zero-order chi connectivity index (χ0) is 17.8. The third kappa shape index (κ3) is 3.92. The standard InChI is InChI=1S/C20H26N4O/c1-4-7-19-18(22-20(25)23-11-6-9-16(3)14-23)13-21-24(19)17-10-5-8-15(2)12-17/h5,8-10,12-13H,4,6-7,11,14H2,1-3H3,(H,22,25). The van der Waals surface area contributed by atoms with Gasteiger partial charge in [-0.2, -0.15) is 5.10 Å². The molecule has 0 fully saturated rings. The zero-order valence-electron chi connectivity index (χ0n) is 15.2. The lowest BCUT2D eigenvalue weighted by atomic mass is 10.1. The average molecular weight is 338 g/mol. The molecule has 0 unspecified atom stereocenters. The first-order valence-corrected chi connectivity index (χ1v) is 8.94. The number of anilines is 1. The molecular weight excluding hydrogens is 312 g/mol. The van der Waals surface area contributed by atoms with Gasteiger partial charge in [0.25, 0.3) is 0 Å². The highest BCUT2D eigenvalue weighted by atomic mass is 16.2. The summed E-state index contributed by atoms with van der Waals surface area (Å²) >= 11 is 0. The van der Waals surface area contributed by atoms with Crippen LogP contribution in [0.15, 0.2) is 42.1 Å². The summed E-state index contributed by atoms with van der Waals surface area (Å²) in [5.41, 5.74) is 5.31. The summed E-state index contributed by atoms with van der Waals surface area (Å²) in [4.78, 5) is 14.5. The Morgan fingerprint density at radius 2 is 2.16 bits per heavy atom. The van der Waals surface area contributed by atoms with Gasteiger partial charge in [-0.1, -0.05) is 37.1 Å². The zero-order valence-corrected chi connectivity index (χ0v) is 15.2. The molecule has 1 aliphatic rings. The first-order chi connectivity index (χ1) is 12.1. The molecule has 3 rings (SSSR count). The fraction of sp³-hybridized carbons (Fsp3) is 0.400. The number of benzene rings is 1. The van der Waals surface area contributed by atoms with Gasteiger partial charge in [0.15, 0.2) is 0 Å². The third-order valence-electron chi connectivity index (χ3n) is 4.46. The smallest absolute Gasteiger partial charge is 0.320 e. The lowest BCUT2D eigenvalue weighted by Crippen LogP contribution is -2.38. The van der Waals surface area contributed by atoms with Gasteiger partial charge < -0.3 is 10.2 Å². The molecule has 0 aliphatic carbocycles. The van der Waals surface area contributed by atoms with Crippen LogP contribution < -0.4 is 5.32 Å². The molecule has 1 N–H and O–H groups in total. The molecule has 1 aromatic carbocycles. The van der Waals surface area contributed by atoms with Crippen LogP contribution in [0.5, 0.6) is 0 Å². The molecule has 0 spiro atoms. The van der Waals surface area contributed by atoms with Crippen molar-refractivity contribution in [2.75, 3.05) is 18.4 Å². The van der Waals surface area contributed by atoms with Crippen molar-refractivity contribution >= 4 is 11.7 Å². The van der Waals surface area contributed by atoms with Crippen molar-refractivity contribution in [2.24, 2.45) is 0 Å². The number of aromatic nitrogens is 2. The molecule has 0 atom stereocenters. The molecular formula is C20H26N4O. The fourth-order valence-electron chi connectivity index (χ4n) is 3.22. The van der Waals surface area contributed by atoms with Gasteiger partial charge in [-0.3, -0.25) is 0 Å². The number of amides is 2. The summed E-state index contributed by atoms with van der Waals surface area (Å²) in [5.74, 6) is 0. The summed E-state index contributed by atoms with van der Waals surface area (Å²) in [6.07, 6.45) is 6.73. The fourth-order valence-corrected chi connectivity index (χ4v) is 3.22. The first kappa shape index (κ1) is 17.3. The van der Waals surface area contributed by atoms with Crippen molar-refractivity contribution in [1.82, 2.24) is 14.7 Å². The number of nitrogens with zero attached hydrogens (tertiary/aromatic N) is 3. The lowest BCUT2D eigenvalue weighted by Gasteiger charge is -2.26. The molecule has 5 heteroatoms. The van der Waals surface area contributed by atoms with Crippen LogP contribution in [-0.2, 0) is 6.42 Å². The molecule has 2 amide bonds. The van der Waals surface area contributed by atoms with E-state index in [1.807, 2.05) is 21.7 Å². The maximum atomic E-state index is 12.6. The van der Waals surface area contributed by atoms with E-state index in [-0.39, 0.29) is 6.03 Å². The van der Waals surface area contributed by atoms with Crippen LogP contribution >= 0.6 is 0 Å². The molecule has 0 saturated heterocycles. The Labute approximate surface area is 149 Å². The molecule has 132 valence electrons. The van der Waals surface area contributed by atoms with Gasteiger partial charge >= 0.3 is 6.03 Å². The Morgan fingerprint density at radius 3 is 2.88 bits per heavy atom. The molecule has 0 saturated carbocycles. The van der Waals surface area contributed by atoms with E-state index in [9.17, 15) is 4.79 Å². The van der Waals surface area contributed by atoms with Gasteiger partial charge in [-0.25, -0.2) is 9.48 Å². The van der Waals surface area contributed by atoms with Crippen molar-refractivity contribution in [3.63, 3.8) is 0 Å². The van der Waals surface area contributed by atoms with E-state index in [0.29, 0.717) is 6.54 Å². The molecule has 2 heterocycles. The van der Waals surface area contributed by atoms with Crippen molar-refractivity contribution in [3.05, 3.63) is 53.4 Å². The third-order valence-corrected chi connectivity index (χ3v) is 4.46. The monoisotopic (exact) mass is 338 g/mol. The molecule has 2 aromatic rings. The van der Waals surface area contributed by atoms with Crippen molar-refractivity contribution in [1.29, 1.82) is 0 Å². The van der Waals surface area contributed by atoms with Gasteiger partial charge in [-0.15, -0.1) is 0 Å². The number of aryl methyl sites for hydroxylation is 1. The summed E-state index contributed by atoms with van der Waals surface area (Å²) < 4.78 is 1.94. The Morgan fingerprint density at radius 1 is 1.32 bits per heavy atom. The minimum Gasteiger partial charge on any atom is -0.320 e. The first-order valence-electron chi connectivity index (χ1n) is 8.94. The largest absolute Gasteiger partial charge is 0.322 e. The van der Waals surface area contributed by atoms with Gasteiger partial charge in [0.05, 0.1) is 23.3 Å².